The van der Waals surface area contributed by atoms with Crippen LogP contribution in [0.3, 0.4) is 0 Å². The zero-order valence-electron chi connectivity index (χ0n) is 11.5. The van der Waals surface area contributed by atoms with Gasteiger partial charge in [0.1, 0.15) is 5.76 Å². The zero-order chi connectivity index (χ0) is 14.8. The summed E-state index contributed by atoms with van der Waals surface area (Å²) in [5.74, 6) is 1.23. The first-order chi connectivity index (χ1) is 10.1. The lowest BCUT2D eigenvalue weighted by Crippen LogP contribution is -1.89. The Morgan fingerprint density at radius 2 is 2.00 bits per heavy atom. The van der Waals surface area contributed by atoms with Crippen molar-refractivity contribution in [2.75, 3.05) is 0 Å². The topological polar surface area (TPSA) is 52.1 Å². The first kappa shape index (κ1) is 14.2. The summed E-state index contributed by atoms with van der Waals surface area (Å²) >= 11 is 7.68. The van der Waals surface area contributed by atoms with Crippen LogP contribution in [0.2, 0.25) is 5.02 Å². The average Bonchev–Trinajstić information content (AvgIpc) is 3.08. The molecule has 0 aliphatic carbocycles. The van der Waals surface area contributed by atoms with Gasteiger partial charge in [0, 0.05) is 10.3 Å². The largest absolute Gasteiger partial charge is 0.469 e. The third-order valence-electron chi connectivity index (χ3n) is 3.12. The fourth-order valence-electron chi connectivity index (χ4n) is 1.99. The van der Waals surface area contributed by atoms with Gasteiger partial charge in [0.2, 0.25) is 0 Å². The summed E-state index contributed by atoms with van der Waals surface area (Å²) in [4.78, 5) is 0. The smallest absolute Gasteiger partial charge is 0.277 e. The summed E-state index contributed by atoms with van der Waals surface area (Å²) in [6.45, 7) is 3.91. The Labute approximate surface area is 131 Å². The average molecular weight is 321 g/mol. The van der Waals surface area contributed by atoms with E-state index in [0.29, 0.717) is 11.1 Å². The van der Waals surface area contributed by atoms with Gasteiger partial charge in [-0.15, -0.1) is 10.2 Å². The molecule has 2 heterocycles. The van der Waals surface area contributed by atoms with E-state index in [1.165, 1.54) is 11.8 Å². The minimum Gasteiger partial charge on any atom is -0.469 e. The minimum atomic E-state index is 0.123. The van der Waals surface area contributed by atoms with Crippen LogP contribution >= 0.6 is 23.4 Å². The number of aryl methyl sites for hydroxylation is 1. The van der Waals surface area contributed by atoms with E-state index in [9.17, 15) is 0 Å². The second-order valence-electron chi connectivity index (χ2n) is 4.55. The molecule has 0 saturated heterocycles. The van der Waals surface area contributed by atoms with Gasteiger partial charge in [-0.1, -0.05) is 41.6 Å². The van der Waals surface area contributed by atoms with E-state index in [2.05, 4.69) is 17.1 Å². The van der Waals surface area contributed by atoms with E-state index in [0.717, 1.165) is 21.9 Å². The number of rotatable bonds is 4. The van der Waals surface area contributed by atoms with Crippen molar-refractivity contribution in [3.63, 3.8) is 0 Å². The Morgan fingerprint density at radius 1 is 1.19 bits per heavy atom. The Hall–Kier alpha value is -1.72. The van der Waals surface area contributed by atoms with Crippen molar-refractivity contribution in [3.05, 3.63) is 52.9 Å². The number of benzene rings is 1. The molecular formula is C15H13ClN2O2S. The monoisotopic (exact) mass is 320 g/mol. The van der Waals surface area contributed by atoms with E-state index in [-0.39, 0.29) is 5.25 Å². The Bertz CT molecular complexity index is 753. The summed E-state index contributed by atoms with van der Waals surface area (Å²) < 4.78 is 10.9. The summed E-state index contributed by atoms with van der Waals surface area (Å²) in [6, 6.07) is 9.57. The number of halogens is 1. The van der Waals surface area contributed by atoms with Gasteiger partial charge >= 0.3 is 0 Å². The number of nitrogens with zero attached hydrogens (tertiary/aromatic N) is 2. The third-order valence-corrected chi connectivity index (χ3v) is 4.43. The van der Waals surface area contributed by atoms with E-state index < -0.39 is 0 Å². The molecule has 108 valence electrons. The van der Waals surface area contributed by atoms with Crippen LogP contribution in [0.1, 0.15) is 23.5 Å². The van der Waals surface area contributed by atoms with Crippen LogP contribution < -0.4 is 0 Å². The molecule has 1 atom stereocenters. The third kappa shape index (κ3) is 2.99. The van der Waals surface area contributed by atoms with Crippen LogP contribution in [0.5, 0.6) is 0 Å². The molecule has 4 nitrogen and oxygen atoms in total. The fourth-order valence-corrected chi connectivity index (χ4v) is 3.21. The maximum Gasteiger partial charge on any atom is 0.277 e. The lowest BCUT2D eigenvalue weighted by Gasteiger charge is -2.10. The van der Waals surface area contributed by atoms with Crippen LogP contribution in [-0.2, 0) is 0 Å². The molecule has 3 aromatic rings. The zero-order valence-corrected chi connectivity index (χ0v) is 13.1. The van der Waals surface area contributed by atoms with Crippen LogP contribution in [0, 0.1) is 6.92 Å². The SMILES string of the molecule is Cc1occc1-c1nnc(S[C@H](C)c2ccccc2Cl)o1. The summed E-state index contributed by atoms with van der Waals surface area (Å²) in [6.07, 6.45) is 1.61. The number of aromatic nitrogens is 2. The van der Waals surface area contributed by atoms with Gasteiger partial charge < -0.3 is 8.83 Å². The lowest BCUT2D eigenvalue weighted by molar-refractivity contribution is 0.462. The highest BCUT2D eigenvalue weighted by molar-refractivity contribution is 7.99. The fraction of sp³-hybridized carbons (Fsp3) is 0.200. The first-order valence-electron chi connectivity index (χ1n) is 6.44. The van der Waals surface area contributed by atoms with Gasteiger partial charge in [0.05, 0.1) is 11.8 Å². The van der Waals surface area contributed by atoms with Crippen molar-refractivity contribution < 1.29 is 8.83 Å². The van der Waals surface area contributed by atoms with Gasteiger partial charge in [-0.05, 0) is 31.5 Å². The standard InChI is InChI=1S/C15H13ClN2O2S/c1-9-11(7-8-19-9)14-17-18-15(20-14)21-10(2)12-5-3-4-6-13(12)16/h3-8,10H,1-2H3/t10-/m1/s1. The van der Waals surface area contributed by atoms with Crippen molar-refractivity contribution >= 4 is 23.4 Å². The maximum atomic E-state index is 6.20. The van der Waals surface area contributed by atoms with E-state index in [1.807, 2.05) is 37.3 Å². The van der Waals surface area contributed by atoms with Gasteiger partial charge in [-0.3, -0.25) is 0 Å². The van der Waals surface area contributed by atoms with E-state index >= 15 is 0 Å². The van der Waals surface area contributed by atoms with Crippen LogP contribution in [-0.4, -0.2) is 10.2 Å². The number of hydrogen-bond donors (Lipinski definition) is 0. The van der Waals surface area contributed by atoms with E-state index in [4.69, 9.17) is 20.4 Å². The second kappa shape index (κ2) is 5.95. The highest BCUT2D eigenvalue weighted by atomic mass is 35.5. The molecule has 0 aliphatic rings. The Morgan fingerprint density at radius 3 is 2.71 bits per heavy atom. The highest BCUT2D eigenvalue weighted by Crippen LogP contribution is 2.38. The van der Waals surface area contributed by atoms with E-state index in [1.54, 1.807) is 6.26 Å². The molecule has 21 heavy (non-hydrogen) atoms. The molecule has 0 radical (unpaired) electrons. The summed E-state index contributed by atoms with van der Waals surface area (Å²) in [5, 5.41) is 9.50. The minimum absolute atomic E-state index is 0.123. The number of hydrogen-bond acceptors (Lipinski definition) is 5. The first-order valence-corrected chi connectivity index (χ1v) is 7.70. The Balaban J connectivity index is 1.79. The highest BCUT2D eigenvalue weighted by Gasteiger charge is 2.17. The normalized spacial score (nSPS) is 12.5. The molecule has 0 saturated carbocycles. The van der Waals surface area contributed by atoms with Gasteiger partial charge in [-0.25, -0.2) is 0 Å². The number of furan rings is 1. The van der Waals surface area contributed by atoms with Crippen molar-refractivity contribution in [1.82, 2.24) is 10.2 Å². The molecule has 0 amide bonds. The van der Waals surface area contributed by atoms with Crippen LogP contribution in [0.4, 0.5) is 0 Å². The Kier molecular flexibility index (Phi) is 4.03. The van der Waals surface area contributed by atoms with Crippen LogP contribution in [0.25, 0.3) is 11.5 Å². The molecule has 2 aromatic heterocycles. The lowest BCUT2D eigenvalue weighted by atomic mass is 10.2. The van der Waals surface area contributed by atoms with Crippen LogP contribution in [0.15, 0.2) is 50.7 Å². The molecule has 6 heteroatoms. The molecule has 0 fully saturated rings. The predicted molar refractivity (Wildman–Crippen MR) is 82.5 cm³/mol. The molecule has 0 N–H and O–H groups in total. The molecule has 0 bridgehead atoms. The molecule has 3 rings (SSSR count). The summed E-state index contributed by atoms with van der Waals surface area (Å²) in [7, 11) is 0. The van der Waals surface area contributed by atoms with Crippen molar-refractivity contribution in [3.8, 4) is 11.5 Å². The second-order valence-corrected chi connectivity index (χ2v) is 6.24. The predicted octanol–water partition coefficient (Wildman–Crippen LogP) is 5.14. The molecular weight excluding hydrogens is 308 g/mol. The van der Waals surface area contributed by atoms with Crippen molar-refractivity contribution in [1.29, 1.82) is 0 Å². The maximum absolute atomic E-state index is 6.20. The molecule has 1 aromatic carbocycles. The quantitative estimate of drug-likeness (QED) is 0.622. The van der Waals surface area contributed by atoms with Gasteiger partial charge in [0.15, 0.2) is 0 Å². The van der Waals surface area contributed by atoms with Crippen molar-refractivity contribution in [2.24, 2.45) is 0 Å². The molecule has 0 spiro atoms. The van der Waals surface area contributed by atoms with Gasteiger partial charge in [-0.2, -0.15) is 0 Å². The van der Waals surface area contributed by atoms with Crippen molar-refractivity contribution in [2.45, 2.75) is 24.3 Å². The molecule has 0 unspecified atom stereocenters. The van der Waals surface area contributed by atoms with Gasteiger partial charge in [0.25, 0.3) is 11.1 Å². The number of thioether (sulfide) groups is 1. The molecule has 0 aliphatic heterocycles. The summed E-state index contributed by atoms with van der Waals surface area (Å²) in [5.41, 5.74) is 1.86.